The second-order valence-corrected chi connectivity index (χ2v) is 9.69. The van der Waals surface area contributed by atoms with Gasteiger partial charge >= 0.3 is 0 Å². The molecule has 0 aromatic heterocycles. The highest BCUT2D eigenvalue weighted by atomic mass is 32.2. The van der Waals surface area contributed by atoms with E-state index in [1.165, 1.54) is 4.31 Å². The van der Waals surface area contributed by atoms with E-state index in [4.69, 9.17) is 0 Å². The molecule has 0 aliphatic carbocycles. The number of amides is 1. The number of rotatable bonds is 5. The van der Waals surface area contributed by atoms with Crippen LogP contribution in [0.3, 0.4) is 0 Å². The highest BCUT2D eigenvalue weighted by Crippen LogP contribution is 2.23. The predicted molar refractivity (Wildman–Crippen MR) is 94.4 cm³/mol. The molecule has 1 amide bonds. The first-order valence-corrected chi connectivity index (χ1v) is 10.4. The van der Waals surface area contributed by atoms with Crippen LogP contribution < -0.4 is 0 Å². The fourth-order valence-electron chi connectivity index (χ4n) is 2.48. The third kappa shape index (κ3) is 4.71. The summed E-state index contributed by atoms with van der Waals surface area (Å²) in [6.45, 7) is 7.55. The Morgan fingerprint density at radius 1 is 1.13 bits per heavy atom. The Bertz CT molecular complexity index is 634. The van der Waals surface area contributed by atoms with Gasteiger partial charge in [-0.25, -0.2) is 8.42 Å². The molecule has 128 valence electrons. The van der Waals surface area contributed by atoms with E-state index in [-0.39, 0.29) is 11.7 Å². The molecule has 0 bridgehead atoms. The summed E-state index contributed by atoms with van der Waals surface area (Å²) in [5.41, 5.74) is 0.657. The number of thioether (sulfide) groups is 1. The van der Waals surface area contributed by atoms with Crippen molar-refractivity contribution in [3.63, 3.8) is 0 Å². The predicted octanol–water partition coefficient (Wildman–Crippen LogP) is 2.29. The van der Waals surface area contributed by atoms with Crippen molar-refractivity contribution in [2.24, 2.45) is 0 Å². The zero-order valence-corrected chi connectivity index (χ0v) is 15.5. The first-order valence-electron chi connectivity index (χ1n) is 7.87. The zero-order valence-electron chi connectivity index (χ0n) is 13.9. The van der Waals surface area contributed by atoms with Gasteiger partial charge in [0.25, 0.3) is 5.91 Å². The van der Waals surface area contributed by atoms with Crippen molar-refractivity contribution in [1.82, 2.24) is 9.21 Å². The Hall–Kier alpha value is -1.05. The molecule has 1 aromatic carbocycles. The standard InChI is InChI=1S/C16H24N2O3S2/c1-4-23(20,21)18-11-9-17(10-12-18)16(19)14-5-7-15(8-6-14)22-13(2)3/h5-8,13H,4,9-12H2,1-3H3. The van der Waals surface area contributed by atoms with Gasteiger partial charge in [0.05, 0.1) is 5.75 Å². The van der Waals surface area contributed by atoms with Crippen molar-refractivity contribution in [3.05, 3.63) is 29.8 Å². The summed E-state index contributed by atoms with van der Waals surface area (Å²) in [7, 11) is -3.16. The maximum absolute atomic E-state index is 12.5. The van der Waals surface area contributed by atoms with Gasteiger partial charge in [-0.15, -0.1) is 11.8 Å². The van der Waals surface area contributed by atoms with Gasteiger partial charge in [-0.3, -0.25) is 4.79 Å². The van der Waals surface area contributed by atoms with E-state index < -0.39 is 10.0 Å². The minimum Gasteiger partial charge on any atom is -0.336 e. The lowest BCUT2D eigenvalue weighted by Gasteiger charge is -2.33. The van der Waals surface area contributed by atoms with Gasteiger partial charge in [-0.2, -0.15) is 4.31 Å². The van der Waals surface area contributed by atoms with Crippen LogP contribution in [-0.4, -0.2) is 60.7 Å². The number of benzene rings is 1. The molecular weight excluding hydrogens is 332 g/mol. The first-order chi connectivity index (χ1) is 10.8. The average molecular weight is 357 g/mol. The van der Waals surface area contributed by atoms with E-state index >= 15 is 0 Å². The quantitative estimate of drug-likeness (QED) is 0.760. The fourth-order valence-corrected chi connectivity index (χ4v) is 4.41. The minimum absolute atomic E-state index is 0.0281. The fraction of sp³-hybridized carbons (Fsp3) is 0.562. The van der Waals surface area contributed by atoms with Gasteiger partial charge in [-0.1, -0.05) is 13.8 Å². The summed E-state index contributed by atoms with van der Waals surface area (Å²) in [4.78, 5) is 15.4. The average Bonchev–Trinajstić information content (AvgIpc) is 2.54. The number of hydrogen-bond acceptors (Lipinski definition) is 4. The Labute approximate surface area is 143 Å². The Balaban J connectivity index is 1.97. The van der Waals surface area contributed by atoms with Crippen molar-refractivity contribution in [2.75, 3.05) is 31.9 Å². The molecule has 1 aromatic rings. The minimum atomic E-state index is -3.16. The van der Waals surface area contributed by atoms with Crippen molar-refractivity contribution in [2.45, 2.75) is 30.9 Å². The van der Waals surface area contributed by atoms with Gasteiger partial charge in [-0.05, 0) is 31.2 Å². The summed E-state index contributed by atoms with van der Waals surface area (Å²) in [6.07, 6.45) is 0. The third-order valence-corrected chi connectivity index (χ3v) is 6.65. The molecule has 0 spiro atoms. The lowest BCUT2D eigenvalue weighted by Crippen LogP contribution is -2.50. The summed E-state index contributed by atoms with van der Waals surface area (Å²) >= 11 is 1.76. The van der Waals surface area contributed by atoms with E-state index in [9.17, 15) is 13.2 Å². The molecule has 7 heteroatoms. The van der Waals surface area contributed by atoms with Crippen LogP contribution in [0.1, 0.15) is 31.1 Å². The Kier molecular flexibility index (Phi) is 6.11. The molecule has 5 nitrogen and oxygen atoms in total. The Morgan fingerprint density at radius 2 is 1.70 bits per heavy atom. The van der Waals surface area contributed by atoms with Gasteiger partial charge < -0.3 is 4.90 Å². The highest BCUT2D eigenvalue weighted by Gasteiger charge is 2.27. The molecule has 1 heterocycles. The van der Waals surface area contributed by atoms with E-state index in [0.29, 0.717) is 37.0 Å². The summed E-state index contributed by atoms with van der Waals surface area (Å²) in [5, 5.41) is 0.505. The van der Waals surface area contributed by atoms with Gasteiger partial charge in [0.1, 0.15) is 0 Å². The zero-order chi connectivity index (χ0) is 17.0. The van der Waals surface area contributed by atoms with E-state index in [1.54, 1.807) is 23.6 Å². The van der Waals surface area contributed by atoms with Gasteiger partial charge in [0, 0.05) is 41.9 Å². The molecule has 0 atom stereocenters. The van der Waals surface area contributed by atoms with Crippen molar-refractivity contribution < 1.29 is 13.2 Å². The van der Waals surface area contributed by atoms with E-state index in [1.807, 2.05) is 24.3 Å². The molecule has 23 heavy (non-hydrogen) atoms. The molecule has 1 aliphatic rings. The lowest BCUT2D eigenvalue weighted by molar-refractivity contribution is 0.0698. The summed E-state index contributed by atoms with van der Waals surface area (Å²) in [5.74, 6) is 0.0790. The van der Waals surface area contributed by atoms with Crippen LogP contribution in [-0.2, 0) is 10.0 Å². The number of carbonyl (C=O) groups excluding carboxylic acids is 1. The normalized spacial score (nSPS) is 16.8. The number of piperazine rings is 1. The molecular formula is C16H24N2O3S2. The molecule has 0 saturated carbocycles. The molecule has 0 unspecified atom stereocenters. The molecule has 1 aliphatic heterocycles. The Morgan fingerprint density at radius 3 is 2.17 bits per heavy atom. The van der Waals surface area contributed by atoms with Crippen LogP contribution >= 0.6 is 11.8 Å². The van der Waals surface area contributed by atoms with Crippen LogP contribution in [0.5, 0.6) is 0 Å². The number of nitrogens with zero attached hydrogens (tertiary/aromatic N) is 2. The summed E-state index contributed by atoms with van der Waals surface area (Å²) < 4.78 is 25.2. The SMILES string of the molecule is CCS(=O)(=O)N1CCN(C(=O)c2ccc(SC(C)C)cc2)CC1. The second-order valence-electron chi connectivity index (χ2n) is 5.78. The molecule has 2 rings (SSSR count). The van der Waals surface area contributed by atoms with Crippen LogP contribution in [0.4, 0.5) is 0 Å². The third-order valence-electron chi connectivity index (χ3n) is 3.76. The molecule has 0 N–H and O–H groups in total. The van der Waals surface area contributed by atoms with Crippen LogP contribution in [0.15, 0.2) is 29.2 Å². The van der Waals surface area contributed by atoms with Crippen molar-refractivity contribution >= 4 is 27.7 Å². The largest absolute Gasteiger partial charge is 0.336 e. The van der Waals surface area contributed by atoms with Crippen LogP contribution in [0.2, 0.25) is 0 Å². The monoisotopic (exact) mass is 356 g/mol. The maximum atomic E-state index is 12.5. The van der Waals surface area contributed by atoms with Crippen LogP contribution in [0.25, 0.3) is 0 Å². The molecule has 1 saturated heterocycles. The smallest absolute Gasteiger partial charge is 0.253 e. The van der Waals surface area contributed by atoms with Gasteiger partial charge in [0.2, 0.25) is 10.0 Å². The molecule has 1 fully saturated rings. The van der Waals surface area contributed by atoms with E-state index in [2.05, 4.69) is 13.8 Å². The number of sulfonamides is 1. The summed E-state index contributed by atoms with van der Waals surface area (Å²) in [6, 6.07) is 7.63. The van der Waals surface area contributed by atoms with Crippen molar-refractivity contribution in [3.8, 4) is 0 Å². The van der Waals surface area contributed by atoms with Crippen LogP contribution in [0, 0.1) is 0 Å². The lowest BCUT2D eigenvalue weighted by atomic mass is 10.2. The number of hydrogen-bond donors (Lipinski definition) is 0. The second kappa shape index (κ2) is 7.68. The highest BCUT2D eigenvalue weighted by molar-refractivity contribution is 7.99. The number of carbonyl (C=O) groups is 1. The van der Waals surface area contributed by atoms with Crippen molar-refractivity contribution in [1.29, 1.82) is 0 Å². The van der Waals surface area contributed by atoms with E-state index in [0.717, 1.165) is 4.90 Å². The molecule has 0 radical (unpaired) electrons. The topological polar surface area (TPSA) is 57.7 Å². The van der Waals surface area contributed by atoms with Gasteiger partial charge in [0.15, 0.2) is 0 Å². The first kappa shape index (κ1) is 18.3. The maximum Gasteiger partial charge on any atom is 0.253 e.